The Hall–Kier alpha value is -1.35. The first-order valence-electron chi connectivity index (χ1n) is 9.10. The standard InChI is InChI=1S/2C6H9O3.2C4H10O.Ti/c2*1-3-9-6(8)4-5(2)7;2*1-4(2)3-5;/h2*2-4H2,1H3;2*4-5H,3H2,1-2H3;/q2*-1;;;+2. The molecule has 0 unspecified atom stereocenters. The van der Waals surface area contributed by atoms with Gasteiger partial charge in [0.25, 0.3) is 0 Å². The summed E-state index contributed by atoms with van der Waals surface area (Å²) >= 11 is 0. The van der Waals surface area contributed by atoms with Crippen LogP contribution in [-0.4, -0.2) is 60.1 Å². The van der Waals surface area contributed by atoms with Crippen molar-refractivity contribution in [2.45, 2.75) is 54.4 Å². The molecule has 0 saturated heterocycles. The van der Waals surface area contributed by atoms with E-state index in [-0.39, 0.29) is 34.6 Å². The van der Waals surface area contributed by atoms with Gasteiger partial charge in [-0.25, -0.2) is 0 Å². The second-order valence-electron chi connectivity index (χ2n) is 6.19. The van der Waals surface area contributed by atoms with Crippen molar-refractivity contribution < 1.29 is 60.6 Å². The summed E-state index contributed by atoms with van der Waals surface area (Å²) in [6, 6.07) is 0. The van der Waals surface area contributed by atoms with Crippen LogP contribution in [0.2, 0.25) is 0 Å². The van der Waals surface area contributed by atoms with E-state index in [4.69, 9.17) is 10.2 Å². The zero-order valence-electron chi connectivity index (χ0n) is 18.7. The number of esters is 2. The van der Waals surface area contributed by atoms with Gasteiger partial charge in [0, 0.05) is 24.8 Å². The predicted octanol–water partition coefficient (Wildman–Crippen LogP) is 1.95. The Balaban J connectivity index is -0.0000000907. The van der Waals surface area contributed by atoms with Crippen LogP contribution in [0.1, 0.15) is 54.4 Å². The minimum Gasteiger partial charge on any atom is -0.466 e. The fourth-order valence-electron chi connectivity index (χ4n) is 0.746. The van der Waals surface area contributed by atoms with Crippen LogP contribution in [0.4, 0.5) is 0 Å². The molecule has 0 rings (SSSR count). The second kappa shape index (κ2) is 28.9. The van der Waals surface area contributed by atoms with Gasteiger partial charge >= 0.3 is 33.7 Å². The molecule has 0 heterocycles. The van der Waals surface area contributed by atoms with Gasteiger partial charge in [0.15, 0.2) is 0 Å². The van der Waals surface area contributed by atoms with Gasteiger partial charge in [-0.2, -0.15) is 0 Å². The predicted molar refractivity (Wildman–Crippen MR) is 107 cm³/mol. The average molecular weight is 454 g/mol. The molecule has 0 saturated carbocycles. The Morgan fingerprint density at radius 1 is 0.724 bits per heavy atom. The molecule has 29 heavy (non-hydrogen) atoms. The quantitative estimate of drug-likeness (QED) is 0.247. The summed E-state index contributed by atoms with van der Waals surface area (Å²) in [5.41, 5.74) is 0. The van der Waals surface area contributed by atoms with Crippen molar-refractivity contribution in [1.82, 2.24) is 0 Å². The number of Topliss-reactive ketones (excluding diaryl/α,β-unsaturated/α-hetero) is 2. The van der Waals surface area contributed by atoms with Crippen molar-refractivity contribution >= 4 is 23.5 Å². The number of aliphatic hydroxyl groups is 2. The molecule has 170 valence electrons. The van der Waals surface area contributed by atoms with Crippen LogP contribution in [0.5, 0.6) is 0 Å². The summed E-state index contributed by atoms with van der Waals surface area (Å²) < 4.78 is 8.91. The van der Waals surface area contributed by atoms with Crippen LogP contribution >= 0.6 is 0 Å². The number of hydrogen-bond donors (Lipinski definition) is 2. The van der Waals surface area contributed by atoms with E-state index in [0.717, 1.165) is 0 Å². The van der Waals surface area contributed by atoms with Crippen molar-refractivity contribution in [3.63, 3.8) is 0 Å². The molecule has 0 aliphatic carbocycles. The zero-order valence-corrected chi connectivity index (χ0v) is 20.2. The molecule has 0 aliphatic rings. The Bertz CT molecular complexity index is 371. The van der Waals surface area contributed by atoms with Crippen LogP contribution in [0, 0.1) is 25.7 Å². The largest absolute Gasteiger partial charge is 2.00 e. The Kier molecular flexibility index (Phi) is 38.1. The normalized spacial score (nSPS) is 8.62. The monoisotopic (exact) mass is 454 g/mol. The van der Waals surface area contributed by atoms with Crippen molar-refractivity contribution in [2.75, 3.05) is 26.4 Å². The van der Waals surface area contributed by atoms with E-state index in [1.807, 2.05) is 27.7 Å². The van der Waals surface area contributed by atoms with E-state index in [0.29, 0.717) is 38.3 Å². The number of hydrogen-bond acceptors (Lipinski definition) is 8. The first kappa shape index (κ1) is 38.3. The second-order valence-corrected chi connectivity index (χ2v) is 6.19. The third-order valence-electron chi connectivity index (χ3n) is 2.02. The van der Waals surface area contributed by atoms with E-state index < -0.39 is 23.5 Å². The molecule has 0 atom stereocenters. The van der Waals surface area contributed by atoms with Gasteiger partial charge < -0.3 is 43.1 Å². The van der Waals surface area contributed by atoms with Gasteiger partial charge in [-0.1, -0.05) is 27.7 Å². The molecule has 0 amide bonds. The molecule has 9 heteroatoms. The summed E-state index contributed by atoms with van der Waals surface area (Å²) in [6.07, 6.45) is -0.429. The fraction of sp³-hybridized carbons (Fsp3) is 0.700. The third kappa shape index (κ3) is 58.4. The summed E-state index contributed by atoms with van der Waals surface area (Å²) in [4.78, 5) is 41.0. The number of ketones is 2. The third-order valence-corrected chi connectivity index (χ3v) is 2.02. The molecule has 0 aromatic heterocycles. The van der Waals surface area contributed by atoms with Gasteiger partial charge in [0.05, 0.1) is 26.1 Å². The maximum Gasteiger partial charge on any atom is 2.00 e. The van der Waals surface area contributed by atoms with E-state index in [9.17, 15) is 19.2 Å². The molecule has 0 spiro atoms. The van der Waals surface area contributed by atoms with Crippen LogP contribution in [0.3, 0.4) is 0 Å². The van der Waals surface area contributed by atoms with Crippen LogP contribution in [0.15, 0.2) is 0 Å². The Morgan fingerprint density at radius 3 is 1.03 bits per heavy atom. The average Bonchev–Trinajstić information content (AvgIpc) is 2.55. The SMILES string of the molecule is CC(C)CO.CC(C)CO.[CH2-]C(=O)CC(=O)OCC.[CH2-]C(=O)CC(=O)OCC.[Ti+2]. The topological polar surface area (TPSA) is 127 Å². The van der Waals surface area contributed by atoms with Gasteiger partial charge in [0.1, 0.15) is 0 Å². The van der Waals surface area contributed by atoms with E-state index in [1.165, 1.54) is 0 Å². The number of ether oxygens (including phenoxy) is 2. The summed E-state index contributed by atoms with van der Waals surface area (Å²) in [5, 5.41) is 16.3. The van der Waals surface area contributed by atoms with Crippen LogP contribution < -0.4 is 0 Å². The molecule has 0 aliphatic heterocycles. The summed E-state index contributed by atoms with van der Waals surface area (Å²) in [7, 11) is 0. The summed E-state index contributed by atoms with van der Waals surface area (Å²) in [5.74, 6) is -0.943. The molecule has 0 aromatic carbocycles. The Morgan fingerprint density at radius 2 is 0.931 bits per heavy atom. The molecule has 0 aromatic rings. The number of rotatable bonds is 8. The van der Waals surface area contributed by atoms with Gasteiger partial charge in [-0.3, -0.25) is 9.59 Å². The van der Waals surface area contributed by atoms with Crippen molar-refractivity contribution in [3.05, 3.63) is 13.8 Å². The smallest absolute Gasteiger partial charge is 0.466 e. The Labute approximate surface area is 190 Å². The zero-order chi connectivity index (χ0) is 23.1. The molecular weight excluding hydrogens is 416 g/mol. The van der Waals surface area contributed by atoms with E-state index >= 15 is 0 Å². The van der Waals surface area contributed by atoms with Gasteiger partial charge in [0.2, 0.25) is 0 Å². The maximum absolute atomic E-state index is 10.4. The molecule has 0 bridgehead atoms. The number of aliphatic hydroxyl groups excluding tert-OH is 2. The number of carbonyl (C=O) groups is 4. The summed E-state index contributed by atoms with van der Waals surface area (Å²) in [6.45, 7) is 18.5. The molecule has 0 fully saturated rings. The van der Waals surface area contributed by atoms with Crippen molar-refractivity contribution in [3.8, 4) is 0 Å². The van der Waals surface area contributed by atoms with Crippen LogP contribution in [0.25, 0.3) is 0 Å². The molecule has 8 nitrogen and oxygen atoms in total. The maximum atomic E-state index is 10.4. The fourth-order valence-corrected chi connectivity index (χ4v) is 0.746. The van der Waals surface area contributed by atoms with Crippen molar-refractivity contribution in [1.29, 1.82) is 0 Å². The van der Waals surface area contributed by atoms with Crippen LogP contribution in [-0.2, 0) is 50.4 Å². The number of carbonyl (C=O) groups excluding carboxylic acids is 4. The minimum absolute atomic E-state index is 0. The minimum atomic E-state index is -0.502. The van der Waals surface area contributed by atoms with Gasteiger partial charge in [-0.05, 0) is 25.7 Å². The first-order chi connectivity index (χ1) is 12.9. The van der Waals surface area contributed by atoms with E-state index in [2.05, 4.69) is 23.3 Å². The molecule has 2 N–H and O–H groups in total. The molecular formula is C20H38O8Ti. The van der Waals surface area contributed by atoms with Crippen molar-refractivity contribution in [2.24, 2.45) is 11.8 Å². The first-order valence-corrected chi connectivity index (χ1v) is 9.10. The molecule has 0 radical (unpaired) electrons. The van der Waals surface area contributed by atoms with E-state index in [1.54, 1.807) is 13.8 Å². The van der Waals surface area contributed by atoms with Gasteiger partial charge in [-0.15, -0.1) is 0 Å².